The monoisotopic (exact) mass is 608 g/mol. The fourth-order valence-corrected chi connectivity index (χ4v) is 7.44. The van der Waals surface area contributed by atoms with Crippen LogP contribution in [-0.4, -0.2) is 0 Å². The van der Waals surface area contributed by atoms with Crippen molar-refractivity contribution >= 4 is 55.2 Å². The zero-order valence-corrected chi connectivity index (χ0v) is 26.5. The molecule has 0 atom stereocenters. The summed E-state index contributed by atoms with van der Waals surface area (Å²) < 4.78 is 0. The number of hydrogen-bond acceptors (Lipinski definition) is 0. The van der Waals surface area contributed by atoms with Crippen molar-refractivity contribution in [1.82, 2.24) is 0 Å². The van der Waals surface area contributed by atoms with Crippen molar-refractivity contribution in [2.75, 3.05) is 0 Å². The molecule has 0 aliphatic carbocycles. The summed E-state index contributed by atoms with van der Waals surface area (Å²) in [5, 5.41) is 10.1. The van der Waals surface area contributed by atoms with Crippen molar-refractivity contribution < 1.29 is 0 Å². The summed E-state index contributed by atoms with van der Waals surface area (Å²) in [6.45, 7) is 0. The molecule has 0 N–H and O–H groups in total. The van der Waals surface area contributed by atoms with Crippen LogP contribution in [0.4, 0.5) is 0 Å². The summed E-state index contributed by atoms with van der Waals surface area (Å²) >= 11 is 0. The first-order valence-corrected chi connectivity index (χ1v) is 16.6. The van der Waals surface area contributed by atoms with Gasteiger partial charge in [-0.1, -0.05) is 194 Å². The molecule has 224 valence electrons. The Hall–Kier alpha value is -6.24. The molecule has 0 saturated heterocycles. The van der Waals surface area contributed by atoms with Crippen molar-refractivity contribution in [3.63, 3.8) is 0 Å². The zero-order chi connectivity index (χ0) is 31.9. The van der Waals surface area contributed by atoms with E-state index in [2.05, 4.69) is 194 Å². The van der Waals surface area contributed by atoms with Gasteiger partial charge in [-0.15, -0.1) is 0 Å². The topological polar surface area (TPSA) is 0 Å². The second kappa shape index (κ2) is 11.8. The number of fused-ring (bicyclic) bond motifs is 4. The molecule has 0 radical (unpaired) electrons. The Morgan fingerprint density at radius 1 is 0.271 bits per heavy atom. The Balaban J connectivity index is 1.22. The molecule has 0 aliphatic heterocycles. The number of benzene rings is 9. The van der Waals surface area contributed by atoms with Crippen LogP contribution in [0.5, 0.6) is 0 Å². The first-order valence-electron chi connectivity index (χ1n) is 16.6. The summed E-state index contributed by atoms with van der Waals surface area (Å²) in [5.74, 6) is 0. The molecule has 0 unspecified atom stereocenters. The highest BCUT2D eigenvalue weighted by atomic mass is 14.2. The molecule has 48 heavy (non-hydrogen) atoms. The van der Waals surface area contributed by atoms with Gasteiger partial charge < -0.3 is 0 Å². The van der Waals surface area contributed by atoms with Crippen LogP contribution in [0.3, 0.4) is 0 Å². The fourth-order valence-electron chi connectivity index (χ4n) is 7.44. The van der Waals surface area contributed by atoms with E-state index in [1.807, 2.05) is 0 Å². The SMILES string of the molecule is C(=C\c1ccc(-c2c3ccccc3c(-c3cccc4ccccc34)c3ccccc23)c2ccccc12)/c1ccc(-c2ccccc2)cc1. The van der Waals surface area contributed by atoms with E-state index in [4.69, 9.17) is 0 Å². The average Bonchev–Trinajstić information content (AvgIpc) is 3.16. The smallest absolute Gasteiger partial charge is 0.00201 e. The quantitative estimate of drug-likeness (QED) is 0.135. The van der Waals surface area contributed by atoms with Crippen molar-refractivity contribution in [2.24, 2.45) is 0 Å². The van der Waals surface area contributed by atoms with E-state index in [0.29, 0.717) is 0 Å². The van der Waals surface area contributed by atoms with E-state index >= 15 is 0 Å². The Morgan fingerprint density at radius 2 is 0.750 bits per heavy atom. The standard InChI is InChI=1S/C48H32/c1-2-13-34(14-3-1)35-28-25-33(26-29-35)27-30-37-31-32-46(40-19-7-6-17-38(37)40)48-44-22-10-8-20-42(44)47(43-21-9-11-23-45(43)48)41-24-12-16-36-15-4-5-18-39(36)41/h1-32H/b30-27+. The van der Waals surface area contributed by atoms with Gasteiger partial charge in [-0.3, -0.25) is 0 Å². The molecule has 9 aromatic carbocycles. The maximum atomic E-state index is 2.33. The molecular weight excluding hydrogens is 577 g/mol. The Labute approximate surface area is 280 Å². The zero-order valence-electron chi connectivity index (χ0n) is 26.5. The highest BCUT2D eigenvalue weighted by Gasteiger charge is 2.19. The first kappa shape index (κ1) is 28.0. The van der Waals surface area contributed by atoms with Gasteiger partial charge in [0.1, 0.15) is 0 Å². The van der Waals surface area contributed by atoms with E-state index in [-0.39, 0.29) is 0 Å². The third-order valence-electron chi connectivity index (χ3n) is 9.69. The molecule has 0 fully saturated rings. The van der Waals surface area contributed by atoms with Crippen molar-refractivity contribution in [2.45, 2.75) is 0 Å². The molecule has 0 aromatic heterocycles. The molecule has 0 bridgehead atoms. The Morgan fingerprint density at radius 3 is 1.40 bits per heavy atom. The molecule has 0 heterocycles. The van der Waals surface area contributed by atoms with Gasteiger partial charge in [0.15, 0.2) is 0 Å². The highest BCUT2D eigenvalue weighted by molar-refractivity contribution is 6.25. The van der Waals surface area contributed by atoms with Gasteiger partial charge in [0.05, 0.1) is 0 Å². The molecular formula is C48H32. The van der Waals surface area contributed by atoms with Crippen molar-refractivity contribution in [3.05, 3.63) is 193 Å². The van der Waals surface area contributed by atoms with Crippen LogP contribution in [0.15, 0.2) is 182 Å². The van der Waals surface area contributed by atoms with E-state index in [1.54, 1.807) is 0 Å². The Kier molecular flexibility index (Phi) is 6.91. The minimum absolute atomic E-state index is 1.18. The van der Waals surface area contributed by atoms with Crippen LogP contribution >= 0.6 is 0 Å². The molecule has 0 aliphatic rings. The molecule has 9 aromatic rings. The molecule has 0 spiro atoms. The molecule has 0 saturated carbocycles. The maximum Gasteiger partial charge on any atom is -0.00201 e. The second-order valence-corrected chi connectivity index (χ2v) is 12.4. The maximum absolute atomic E-state index is 2.33. The molecule has 0 amide bonds. The Bertz CT molecular complexity index is 2580. The lowest BCUT2D eigenvalue weighted by atomic mass is 9.83. The van der Waals surface area contributed by atoms with Crippen LogP contribution in [-0.2, 0) is 0 Å². The minimum atomic E-state index is 1.18. The highest BCUT2D eigenvalue weighted by Crippen LogP contribution is 2.46. The van der Waals surface area contributed by atoms with Crippen LogP contribution in [0.1, 0.15) is 11.1 Å². The summed E-state index contributed by atoms with van der Waals surface area (Å²) in [6, 6.07) is 66.1. The minimum Gasteiger partial charge on any atom is -0.0622 e. The van der Waals surface area contributed by atoms with Gasteiger partial charge in [0.2, 0.25) is 0 Å². The first-order chi connectivity index (χ1) is 23.8. The number of rotatable bonds is 5. The lowest BCUT2D eigenvalue weighted by Gasteiger charge is -2.20. The van der Waals surface area contributed by atoms with Gasteiger partial charge in [0, 0.05) is 0 Å². The van der Waals surface area contributed by atoms with Crippen LogP contribution in [0.25, 0.3) is 88.6 Å². The van der Waals surface area contributed by atoms with Crippen molar-refractivity contribution in [3.8, 4) is 33.4 Å². The normalized spacial score (nSPS) is 11.7. The van der Waals surface area contributed by atoms with Gasteiger partial charge in [-0.2, -0.15) is 0 Å². The largest absolute Gasteiger partial charge is 0.0622 e. The summed E-state index contributed by atoms with van der Waals surface area (Å²) in [6.07, 6.45) is 4.48. The average molecular weight is 609 g/mol. The van der Waals surface area contributed by atoms with E-state index in [9.17, 15) is 0 Å². The fraction of sp³-hybridized carbons (Fsp3) is 0. The summed E-state index contributed by atoms with van der Waals surface area (Å²) in [5.41, 5.74) is 9.97. The van der Waals surface area contributed by atoms with Gasteiger partial charge in [0.25, 0.3) is 0 Å². The molecule has 0 nitrogen and oxygen atoms in total. The van der Waals surface area contributed by atoms with E-state index in [0.717, 1.165) is 0 Å². The van der Waals surface area contributed by atoms with Crippen LogP contribution in [0, 0.1) is 0 Å². The van der Waals surface area contributed by atoms with Gasteiger partial charge in [-0.25, -0.2) is 0 Å². The summed E-state index contributed by atoms with van der Waals surface area (Å²) in [4.78, 5) is 0. The van der Waals surface area contributed by atoms with Crippen molar-refractivity contribution in [1.29, 1.82) is 0 Å². The third-order valence-corrected chi connectivity index (χ3v) is 9.69. The second-order valence-electron chi connectivity index (χ2n) is 12.4. The van der Waals surface area contributed by atoms with Crippen LogP contribution in [0.2, 0.25) is 0 Å². The predicted molar refractivity (Wildman–Crippen MR) is 208 cm³/mol. The van der Waals surface area contributed by atoms with Crippen LogP contribution < -0.4 is 0 Å². The summed E-state index contributed by atoms with van der Waals surface area (Å²) in [7, 11) is 0. The van der Waals surface area contributed by atoms with Gasteiger partial charge in [-0.05, 0) is 87.6 Å². The number of hydrogen-bond donors (Lipinski definition) is 0. The van der Waals surface area contributed by atoms with E-state index < -0.39 is 0 Å². The van der Waals surface area contributed by atoms with Gasteiger partial charge >= 0.3 is 0 Å². The van der Waals surface area contributed by atoms with E-state index in [1.165, 1.54) is 87.6 Å². The lowest BCUT2D eigenvalue weighted by molar-refractivity contribution is 1.60. The lowest BCUT2D eigenvalue weighted by Crippen LogP contribution is -1.92. The molecule has 0 heteroatoms. The predicted octanol–water partition coefficient (Wildman–Crippen LogP) is 13.5. The third kappa shape index (κ3) is 4.78. The molecule has 9 rings (SSSR count).